The van der Waals surface area contributed by atoms with Gasteiger partial charge < -0.3 is 9.88 Å². The Morgan fingerprint density at radius 2 is 2.04 bits per heavy atom. The summed E-state index contributed by atoms with van der Waals surface area (Å²) < 4.78 is 2.64. The molecule has 0 bridgehead atoms. The van der Waals surface area contributed by atoms with Crippen LogP contribution in [0.3, 0.4) is 0 Å². The highest BCUT2D eigenvalue weighted by Crippen LogP contribution is 2.27. The normalized spacial score (nSPS) is 10.8. The molecule has 134 valence electrons. The van der Waals surface area contributed by atoms with E-state index in [1.54, 1.807) is 18.2 Å². The number of nitrogens with zero attached hydrogens (tertiary/aromatic N) is 3. The third kappa shape index (κ3) is 4.28. The number of rotatable bonds is 5. The summed E-state index contributed by atoms with van der Waals surface area (Å²) in [6, 6.07) is 13.3. The van der Waals surface area contributed by atoms with Crippen molar-refractivity contribution in [3.05, 3.63) is 57.5 Å². The molecule has 0 fully saturated rings. The molecule has 5 nitrogen and oxygen atoms in total. The zero-order valence-corrected chi connectivity index (χ0v) is 17.3. The van der Waals surface area contributed by atoms with Crippen molar-refractivity contribution in [1.29, 1.82) is 0 Å². The quantitative estimate of drug-likeness (QED) is 0.558. The molecule has 0 aliphatic heterocycles. The maximum absolute atomic E-state index is 12.2. The summed E-state index contributed by atoms with van der Waals surface area (Å²) >= 11 is 10.6. The van der Waals surface area contributed by atoms with Crippen molar-refractivity contribution in [2.45, 2.75) is 12.1 Å². The number of hydrogen-bond acceptors (Lipinski definition) is 4. The molecule has 3 aromatic rings. The number of aryl methyl sites for hydroxylation is 1. The van der Waals surface area contributed by atoms with Gasteiger partial charge in [-0.1, -0.05) is 47.6 Å². The summed E-state index contributed by atoms with van der Waals surface area (Å²) in [5, 5.41) is 12.6. The highest BCUT2D eigenvalue weighted by molar-refractivity contribution is 9.10. The Hall–Kier alpha value is -1.83. The van der Waals surface area contributed by atoms with Gasteiger partial charge in [0.05, 0.1) is 10.8 Å². The van der Waals surface area contributed by atoms with Crippen molar-refractivity contribution in [2.75, 3.05) is 11.1 Å². The Bertz CT molecular complexity index is 960. The smallest absolute Gasteiger partial charge is 0.234 e. The molecule has 2 aromatic carbocycles. The van der Waals surface area contributed by atoms with Gasteiger partial charge in [0, 0.05) is 22.8 Å². The zero-order valence-electron chi connectivity index (χ0n) is 14.2. The number of anilines is 1. The first-order valence-electron chi connectivity index (χ1n) is 7.79. The summed E-state index contributed by atoms with van der Waals surface area (Å²) in [4.78, 5) is 12.2. The maximum Gasteiger partial charge on any atom is 0.234 e. The number of halogens is 2. The molecule has 0 saturated heterocycles. The van der Waals surface area contributed by atoms with Gasteiger partial charge in [-0.2, -0.15) is 0 Å². The van der Waals surface area contributed by atoms with E-state index in [0.717, 1.165) is 21.4 Å². The molecule has 1 aromatic heterocycles. The van der Waals surface area contributed by atoms with Crippen LogP contribution in [0, 0.1) is 6.92 Å². The molecule has 0 spiro atoms. The van der Waals surface area contributed by atoms with Crippen LogP contribution in [0.2, 0.25) is 5.02 Å². The largest absolute Gasteiger partial charge is 0.325 e. The Morgan fingerprint density at radius 3 is 2.77 bits per heavy atom. The molecular formula is C18H16BrClN4OS. The molecule has 0 aliphatic carbocycles. The fourth-order valence-electron chi connectivity index (χ4n) is 2.40. The lowest BCUT2D eigenvalue weighted by atomic mass is 10.1. The predicted molar refractivity (Wildman–Crippen MR) is 110 cm³/mol. The van der Waals surface area contributed by atoms with Crippen molar-refractivity contribution in [3.63, 3.8) is 0 Å². The van der Waals surface area contributed by atoms with Crippen LogP contribution in [-0.2, 0) is 11.8 Å². The number of thioether (sulfide) groups is 1. The standard InChI is InChI=1S/C18H16BrClN4OS/c1-11-5-3-4-6-13(11)17-22-23-18(24(17)2)26-10-16(25)21-12-7-8-15(20)14(19)9-12/h3-9H,10H2,1-2H3,(H,21,25). The number of aromatic nitrogens is 3. The van der Waals surface area contributed by atoms with E-state index in [-0.39, 0.29) is 11.7 Å². The van der Waals surface area contributed by atoms with Gasteiger partial charge in [-0.3, -0.25) is 4.79 Å². The Morgan fingerprint density at radius 1 is 1.27 bits per heavy atom. The topological polar surface area (TPSA) is 59.8 Å². The fraction of sp³-hybridized carbons (Fsp3) is 0.167. The maximum atomic E-state index is 12.2. The predicted octanol–water partition coefficient (Wildman–Crippen LogP) is 4.94. The number of carbonyl (C=O) groups is 1. The highest BCUT2D eigenvalue weighted by Gasteiger charge is 2.14. The van der Waals surface area contributed by atoms with E-state index in [1.165, 1.54) is 11.8 Å². The lowest BCUT2D eigenvalue weighted by molar-refractivity contribution is -0.113. The van der Waals surface area contributed by atoms with Gasteiger partial charge in [0.15, 0.2) is 11.0 Å². The van der Waals surface area contributed by atoms with Crippen molar-refractivity contribution in [3.8, 4) is 11.4 Å². The van der Waals surface area contributed by atoms with Gasteiger partial charge in [-0.05, 0) is 46.6 Å². The molecule has 0 radical (unpaired) electrons. The Balaban J connectivity index is 1.66. The molecule has 1 amide bonds. The summed E-state index contributed by atoms with van der Waals surface area (Å²) in [6.45, 7) is 2.04. The molecule has 0 aliphatic rings. The molecule has 0 unspecified atom stereocenters. The van der Waals surface area contributed by atoms with Gasteiger partial charge >= 0.3 is 0 Å². The minimum atomic E-state index is -0.121. The monoisotopic (exact) mass is 450 g/mol. The van der Waals surface area contributed by atoms with Gasteiger partial charge in [0.2, 0.25) is 5.91 Å². The van der Waals surface area contributed by atoms with Crippen molar-refractivity contribution in [2.24, 2.45) is 7.05 Å². The van der Waals surface area contributed by atoms with E-state index < -0.39 is 0 Å². The van der Waals surface area contributed by atoms with Crippen LogP contribution in [-0.4, -0.2) is 26.4 Å². The molecule has 3 rings (SSSR count). The second-order valence-corrected chi connectivity index (χ2v) is 7.85. The molecule has 1 heterocycles. The van der Waals surface area contributed by atoms with Crippen LogP contribution in [0.25, 0.3) is 11.4 Å². The number of hydrogen-bond donors (Lipinski definition) is 1. The van der Waals surface area contributed by atoms with E-state index in [2.05, 4.69) is 31.4 Å². The van der Waals surface area contributed by atoms with E-state index in [4.69, 9.17) is 11.6 Å². The summed E-state index contributed by atoms with van der Waals surface area (Å²) in [6.07, 6.45) is 0. The number of nitrogens with one attached hydrogen (secondary N) is 1. The van der Waals surface area contributed by atoms with Crippen LogP contribution in [0.1, 0.15) is 5.56 Å². The van der Waals surface area contributed by atoms with E-state index in [9.17, 15) is 4.79 Å². The second-order valence-electron chi connectivity index (χ2n) is 5.65. The van der Waals surface area contributed by atoms with Crippen molar-refractivity contribution < 1.29 is 4.79 Å². The summed E-state index contributed by atoms with van der Waals surface area (Å²) in [5.74, 6) is 0.900. The van der Waals surface area contributed by atoms with Crippen molar-refractivity contribution >= 4 is 50.9 Å². The fourth-order valence-corrected chi connectivity index (χ4v) is 3.61. The minimum absolute atomic E-state index is 0.121. The Kier molecular flexibility index (Phi) is 6.01. The molecule has 1 N–H and O–H groups in total. The molecular weight excluding hydrogens is 436 g/mol. The lowest BCUT2D eigenvalue weighted by Gasteiger charge is -2.07. The first-order chi connectivity index (χ1) is 12.5. The van der Waals surface area contributed by atoms with E-state index in [0.29, 0.717) is 15.9 Å². The third-order valence-electron chi connectivity index (χ3n) is 3.76. The van der Waals surface area contributed by atoms with Crippen LogP contribution < -0.4 is 5.32 Å². The van der Waals surface area contributed by atoms with Crippen molar-refractivity contribution in [1.82, 2.24) is 14.8 Å². The van der Waals surface area contributed by atoms with Gasteiger partial charge in [-0.25, -0.2) is 0 Å². The number of benzene rings is 2. The minimum Gasteiger partial charge on any atom is -0.325 e. The van der Waals surface area contributed by atoms with Crippen LogP contribution in [0.4, 0.5) is 5.69 Å². The highest BCUT2D eigenvalue weighted by atomic mass is 79.9. The van der Waals surface area contributed by atoms with Gasteiger partial charge in [0.25, 0.3) is 0 Å². The lowest BCUT2D eigenvalue weighted by Crippen LogP contribution is -2.14. The van der Waals surface area contributed by atoms with Crippen LogP contribution in [0.5, 0.6) is 0 Å². The average molecular weight is 452 g/mol. The average Bonchev–Trinajstić information content (AvgIpc) is 2.97. The Labute approximate surface area is 169 Å². The number of carbonyl (C=O) groups excluding carboxylic acids is 1. The molecule has 0 saturated carbocycles. The second kappa shape index (κ2) is 8.24. The third-order valence-corrected chi connectivity index (χ3v) is 5.99. The molecule has 26 heavy (non-hydrogen) atoms. The first-order valence-corrected chi connectivity index (χ1v) is 9.94. The van der Waals surface area contributed by atoms with Crippen LogP contribution in [0.15, 0.2) is 52.1 Å². The zero-order chi connectivity index (χ0) is 18.7. The van der Waals surface area contributed by atoms with Crippen LogP contribution >= 0.6 is 39.3 Å². The molecule has 8 heteroatoms. The van der Waals surface area contributed by atoms with Gasteiger partial charge in [0.1, 0.15) is 0 Å². The first kappa shape index (κ1) is 18.9. The number of amides is 1. The van der Waals surface area contributed by atoms with Gasteiger partial charge in [-0.15, -0.1) is 10.2 Å². The summed E-state index contributed by atoms with van der Waals surface area (Å²) in [7, 11) is 1.90. The summed E-state index contributed by atoms with van der Waals surface area (Å²) in [5.41, 5.74) is 2.85. The van der Waals surface area contributed by atoms with E-state index in [1.807, 2.05) is 42.8 Å². The van der Waals surface area contributed by atoms with E-state index >= 15 is 0 Å². The molecule has 0 atom stereocenters. The SMILES string of the molecule is Cc1ccccc1-c1nnc(SCC(=O)Nc2ccc(Cl)c(Br)c2)n1C.